The predicted molar refractivity (Wildman–Crippen MR) is 46.6 cm³/mol. The molecule has 0 radical (unpaired) electrons. The molecule has 3 aliphatic carbocycles. The number of hydrogen-bond acceptors (Lipinski definition) is 2. The first-order chi connectivity index (χ1) is 5.57. The fourth-order valence-electron chi connectivity index (χ4n) is 2.88. The van der Waals surface area contributed by atoms with Crippen LogP contribution in [-0.2, 0) is 4.89 Å². The lowest BCUT2D eigenvalue weighted by Crippen LogP contribution is -2.54. The van der Waals surface area contributed by atoms with Gasteiger partial charge in [-0.25, -0.2) is 4.89 Å². The Morgan fingerprint density at radius 3 is 2.67 bits per heavy atom. The summed E-state index contributed by atoms with van der Waals surface area (Å²) in [6.45, 7) is 6.65. The van der Waals surface area contributed by atoms with Gasteiger partial charge in [-0.1, -0.05) is 25.5 Å². The van der Waals surface area contributed by atoms with E-state index in [9.17, 15) is 0 Å². The molecule has 0 saturated heterocycles. The molecule has 2 bridgehead atoms. The van der Waals surface area contributed by atoms with E-state index in [4.69, 9.17) is 5.26 Å². The van der Waals surface area contributed by atoms with Gasteiger partial charge in [0.15, 0.2) is 0 Å². The summed E-state index contributed by atoms with van der Waals surface area (Å²) in [5.74, 6) is 1.23. The number of fused-ring (bicyclic) bond motifs is 1. The van der Waals surface area contributed by atoms with E-state index in [0.29, 0.717) is 17.3 Å². The van der Waals surface area contributed by atoms with Crippen LogP contribution in [0.5, 0.6) is 0 Å². The Balaban J connectivity index is 2.29. The fraction of sp³-hybridized carbons (Fsp3) is 0.800. The molecule has 0 aromatic carbocycles. The zero-order valence-electron chi connectivity index (χ0n) is 7.87. The Morgan fingerprint density at radius 2 is 2.25 bits per heavy atom. The number of rotatable bonds is 1. The summed E-state index contributed by atoms with van der Waals surface area (Å²) < 4.78 is 0. The molecule has 12 heavy (non-hydrogen) atoms. The third-order valence-corrected chi connectivity index (χ3v) is 3.84. The molecule has 0 aromatic heterocycles. The molecule has 3 aliphatic rings. The van der Waals surface area contributed by atoms with E-state index in [1.807, 2.05) is 0 Å². The zero-order chi connectivity index (χ0) is 8.93. The Kier molecular flexibility index (Phi) is 1.61. The SMILES string of the molecule is CC1=CC(OO)C2CC1C2(C)C. The summed E-state index contributed by atoms with van der Waals surface area (Å²) in [7, 11) is 0. The lowest BCUT2D eigenvalue weighted by Gasteiger charge is -2.57. The van der Waals surface area contributed by atoms with E-state index in [1.54, 1.807) is 0 Å². The molecular formula is C10H16O2. The molecule has 3 unspecified atom stereocenters. The van der Waals surface area contributed by atoms with Crippen LogP contribution < -0.4 is 0 Å². The summed E-state index contributed by atoms with van der Waals surface area (Å²) in [5, 5.41) is 8.69. The van der Waals surface area contributed by atoms with Gasteiger partial charge in [0.1, 0.15) is 6.10 Å². The minimum atomic E-state index is -0.0648. The largest absolute Gasteiger partial charge is 0.251 e. The molecule has 1 saturated carbocycles. The van der Waals surface area contributed by atoms with Crippen molar-refractivity contribution in [2.45, 2.75) is 33.3 Å². The maximum absolute atomic E-state index is 8.69. The van der Waals surface area contributed by atoms with Crippen molar-refractivity contribution in [3.63, 3.8) is 0 Å². The van der Waals surface area contributed by atoms with E-state index >= 15 is 0 Å². The van der Waals surface area contributed by atoms with Crippen molar-refractivity contribution in [2.75, 3.05) is 0 Å². The van der Waals surface area contributed by atoms with Crippen molar-refractivity contribution in [1.82, 2.24) is 0 Å². The highest BCUT2D eigenvalue weighted by molar-refractivity contribution is 5.25. The lowest BCUT2D eigenvalue weighted by molar-refractivity contribution is -0.300. The first-order valence-corrected chi connectivity index (χ1v) is 4.56. The molecule has 0 heterocycles. The number of hydrogen-bond donors (Lipinski definition) is 1. The second-order valence-electron chi connectivity index (χ2n) is 4.70. The van der Waals surface area contributed by atoms with Crippen molar-refractivity contribution in [3.05, 3.63) is 11.6 Å². The van der Waals surface area contributed by atoms with Crippen LogP contribution in [0, 0.1) is 17.3 Å². The van der Waals surface area contributed by atoms with Crippen molar-refractivity contribution in [2.24, 2.45) is 17.3 Å². The minimum absolute atomic E-state index is 0.0648. The summed E-state index contributed by atoms with van der Waals surface area (Å²) in [4.78, 5) is 4.47. The van der Waals surface area contributed by atoms with Gasteiger partial charge in [-0.15, -0.1) is 0 Å². The maximum Gasteiger partial charge on any atom is 0.114 e. The Morgan fingerprint density at radius 1 is 1.58 bits per heavy atom. The van der Waals surface area contributed by atoms with Crippen LogP contribution in [0.25, 0.3) is 0 Å². The first kappa shape index (κ1) is 8.27. The molecule has 0 amide bonds. The average molecular weight is 168 g/mol. The topological polar surface area (TPSA) is 29.5 Å². The summed E-state index contributed by atoms with van der Waals surface area (Å²) in [6.07, 6.45) is 3.18. The van der Waals surface area contributed by atoms with Gasteiger partial charge in [-0.2, -0.15) is 0 Å². The molecule has 3 atom stereocenters. The Labute approximate surface area is 73.2 Å². The highest BCUT2D eigenvalue weighted by atomic mass is 17.1. The monoisotopic (exact) mass is 168 g/mol. The van der Waals surface area contributed by atoms with Crippen LogP contribution in [0.15, 0.2) is 11.6 Å². The molecule has 3 rings (SSSR count). The smallest absolute Gasteiger partial charge is 0.114 e. The van der Waals surface area contributed by atoms with Crippen LogP contribution >= 0.6 is 0 Å². The van der Waals surface area contributed by atoms with Gasteiger partial charge in [-0.3, -0.25) is 5.26 Å². The Hall–Kier alpha value is -0.340. The quantitative estimate of drug-likeness (QED) is 0.370. The summed E-state index contributed by atoms with van der Waals surface area (Å²) in [5.41, 5.74) is 1.70. The van der Waals surface area contributed by atoms with Crippen LogP contribution in [0.4, 0.5) is 0 Å². The van der Waals surface area contributed by atoms with Crippen molar-refractivity contribution < 1.29 is 10.1 Å². The third kappa shape index (κ3) is 0.824. The zero-order valence-corrected chi connectivity index (χ0v) is 7.87. The molecule has 0 spiro atoms. The van der Waals surface area contributed by atoms with E-state index in [2.05, 4.69) is 31.7 Å². The van der Waals surface area contributed by atoms with Gasteiger partial charge in [0.25, 0.3) is 0 Å². The van der Waals surface area contributed by atoms with Gasteiger partial charge >= 0.3 is 0 Å². The fourth-order valence-corrected chi connectivity index (χ4v) is 2.88. The second-order valence-corrected chi connectivity index (χ2v) is 4.70. The molecule has 1 N–H and O–H groups in total. The van der Waals surface area contributed by atoms with Gasteiger partial charge < -0.3 is 0 Å². The third-order valence-electron chi connectivity index (χ3n) is 3.84. The van der Waals surface area contributed by atoms with E-state index in [1.165, 1.54) is 12.0 Å². The second kappa shape index (κ2) is 2.33. The van der Waals surface area contributed by atoms with E-state index in [0.717, 1.165) is 0 Å². The standard InChI is InChI=1S/C10H16O2/c1-6-4-9(12-11)8-5-7(6)10(8,2)3/h4,7-9,11H,5H2,1-3H3. The van der Waals surface area contributed by atoms with Crippen molar-refractivity contribution >= 4 is 0 Å². The normalized spacial score (nSPS) is 43.3. The molecular weight excluding hydrogens is 152 g/mol. The predicted octanol–water partition coefficient (Wildman–Crippen LogP) is 2.47. The first-order valence-electron chi connectivity index (χ1n) is 4.56. The minimum Gasteiger partial charge on any atom is -0.251 e. The molecule has 0 aromatic rings. The molecule has 1 fully saturated rings. The molecule has 2 heteroatoms. The van der Waals surface area contributed by atoms with Crippen LogP contribution in [0.2, 0.25) is 0 Å². The molecule has 0 aliphatic heterocycles. The van der Waals surface area contributed by atoms with Crippen molar-refractivity contribution in [3.8, 4) is 0 Å². The average Bonchev–Trinajstić information content (AvgIpc) is 2.02. The van der Waals surface area contributed by atoms with Gasteiger partial charge in [0, 0.05) is 0 Å². The summed E-state index contributed by atoms with van der Waals surface area (Å²) >= 11 is 0. The molecule has 68 valence electrons. The Bertz CT molecular complexity index is 230. The number of allylic oxidation sites excluding steroid dienone is 1. The summed E-state index contributed by atoms with van der Waals surface area (Å²) in [6, 6.07) is 0. The van der Waals surface area contributed by atoms with Crippen LogP contribution in [0.3, 0.4) is 0 Å². The van der Waals surface area contributed by atoms with E-state index < -0.39 is 0 Å². The highest BCUT2D eigenvalue weighted by Gasteiger charge is 2.54. The lowest BCUT2D eigenvalue weighted by atomic mass is 9.48. The van der Waals surface area contributed by atoms with Crippen LogP contribution in [-0.4, -0.2) is 11.4 Å². The van der Waals surface area contributed by atoms with Crippen LogP contribution in [0.1, 0.15) is 27.2 Å². The molecule has 2 nitrogen and oxygen atoms in total. The van der Waals surface area contributed by atoms with E-state index in [-0.39, 0.29) is 6.10 Å². The van der Waals surface area contributed by atoms with Gasteiger partial charge in [0.2, 0.25) is 0 Å². The van der Waals surface area contributed by atoms with Gasteiger partial charge in [-0.05, 0) is 30.6 Å². The van der Waals surface area contributed by atoms with Gasteiger partial charge in [0.05, 0.1) is 0 Å². The maximum atomic E-state index is 8.69. The highest BCUT2D eigenvalue weighted by Crippen LogP contribution is 2.59. The van der Waals surface area contributed by atoms with Crippen molar-refractivity contribution in [1.29, 1.82) is 0 Å².